The first-order valence-electron chi connectivity index (χ1n) is 9.84. The molecule has 2 heterocycles. The Hall–Kier alpha value is -1.29. The van der Waals surface area contributed by atoms with Gasteiger partial charge >= 0.3 is 0 Å². The highest BCUT2D eigenvalue weighted by Gasteiger charge is 2.38. The predicted molar refractivity (Wildman–Crippen MR) is 103 cm³/mol. The average Bonchev–Trinajstić information content (AvgIpc) is 3.48. The normalized spacial score (nSPS) is 28.8. The van der Waals surface area contributed by atoms with Crippen LogP contribution in [-0.4, -0.2) is 33.2 Å². The van der Waals surface area contributed by atoms with Gasteiger partial charge in [0.1, 0.15) is 32.2 Å². The van der Waals surface area contributed by atoms with Crippen LogP contribution in [0.2, 0.25) is 0 Å². The van der Waals surface area contributed by atoms with Crippen molar-refractivity contribution >= 4 is 11.8 Å². The van der Waals surface area contributed by atoms with Crippen molar-refractivity contribution in [3.05, 3.63) is 59.2 Å². The maximum Gasteiger partial charge on any atom is 0.127 e. The number of likely N-dealkylation sites (N-methyl/N-ethyl adjacent to an activating group) is 1. The van der Waals surface area contributed by atoms with Gasteiger partial charge in [-0.1, -0.05) is 42.1 Å². The molecule has 2 aliphatic heterocycles. The summed E-state index contributed by atoms with van der Waals surface area (Å²) in [5.74, 6) is 0.830. The molecule has 0 radical (unpaired) electrons. The molecule has 0 unspecified atom stereocenters. The number of quaternary nitrogens is 2. The molecule has 1 saturated heterocycles. The van der Waals surface area contributed by atoms with E-state index in [4.69, 9.17) is 0 Å². The summed E-state index contributed by atoms with van der Waals surface area (Å²) in [6.07, 6.45) is 3.99. The van der Waals surface area contributed by atoms with Crippen LogP contribution in [0.25, 0.3) is 0 Å². The van der Waals surface area contributed by atoms with E-state index in [2.05, 4.69) is 49.5 Å². The lowest BCUT2D eigenvalue weighted by molar-refractivity contribution is -1.02. The van der Waals surface area contributed by atoms with Crippen LogP contribution < -0.4 is 9.80 Å². The van der Waals surface area contributed by atoms with Crippen molar-refractivity contribution in [2.24, 2.45) is 0 Å². The van der Waals surface area contributed by atoms with Crippen molar-refractivity contribution in [3.63, 3.8) is 0 Å². The van der Waals surface area contributed by atoms with Gasteiger partial charge in [-0.3, -0.25) is 0 Å². The zero-order valence-corrected chi connectivity index (χ0v) is 15.9. The number of nitrogens with one attached hydrogen (secondary N) is 2. The number of rotatable bonds is 2. The van der Waals surface area contributed by atoms with Crippen LogP contribution in [0, 0.1) is 0 Å². The highest BCUT2D eigenvalue weighted by atomic mass is 32.2. The van der Waals surface area contributed by atoms with Gasteiger partial charge < -0.3 is 9.80 Å². The zero-order valence-electron chi connectivity index (χ0n) is 15.1. The van der Waals surface area contributed by atoms with Crippen LogP contribution in [0.1, 0.15) is 41.5 Å². The minimum Gasteiger partial charge on any atom is -0.328 e. The fourth-order valence-electron chi connectivity index (χ4n) is 4.68. The van der Waals surface area contributed by atoms with Crippen molar-refractivity contribution in [2.75, 3.05) is 33.2 Å². The number of hydrogen-bond donors (Lipinski definition) is 2. The van der Waals surface area contributed by atoms with Crippen molar-refractivity contribution in [1.82, 2.24) is 0 Å². The Balaban J connectivity index is 1.61. The maximum absolute atomic E-state index is 2.43. The lowest BCUT2D eigenvalue weighted by Gasteiger charge is -2.34. The third-order valence-electron chi connectivity index (χ3n) is 6.32. The highest BCUT2D eigenvalue weighted by molar-refractivity contribution is 7.99. The van der Waals surface area contributed by atoms with Gasteiger partial charge in [0.25, 0.3) is 0 Å². The molecule has 2 fully saturated rings. The number of hydrogen-bond acceptors (Lipinski definition) is 1. The van der Waals surface area contributed by atoms with Crippen molar-refractivity contribution in [2.45, 2.75) is 41.0 Å². The van der Waals surface area contributed by atoms with Crippen LogP contribution >= 0.6 is 11.8 Å². The second-order valence-corrected chi connectivity index (χ2v) is 9.20. The molecule has 5 rings (SSSR count). The standard InChI is InChI=1S/C22H26N2S/c1-23-11-13-24(14-12-23)19-15-17-5-2-3-7-20(17)25-21-8-4-6-18(22(19)21)16-9-10-16/h2-8,16,19H,9-15H2,1H3/p+2/t19-/m1/s1. The Labute approximate surface area is 155 Å². The van der Waals surface area contributed by atoms with E-state index in [1.807, 2.05) is 16.7 Å². The Morgan fingerprint density at radius 1 is 0.880 bits per heavy atom. The zero-order chi connectivity index (χ0) is 16.8. The molecule has 1 saturated carbocycles. The summed E-state index contributed by atoms with van der Waals surface area (Å²) in [4.78, 5) is 6.51. The molecule has 3 aliphatic rings. The van der Waals surface area contributed by atoms with Crippen molar-refractivity contribution < 1.29 is 9.80 Å². The summed E-state index contributed by atoms with van der Waals surface area (Å²) in [5.41, 5.74) is 4.91. The Kier molecular flexibility index (Phi) is 4.11. The van der Waals surface area contributed by atoms with E-state index in [0.717, 1.165) is 5.92 Å². The molecule has 0 spiro atoms. The topological polar surface area (TPSA) is 8.88 Å². The molecule has 2 aromatic rings. The van der Waals surface area contributed by atoms with Crippen LogP contribution in [0.5, 0.6) is 0 Å². The van der Waals surface area contributed by atoms with Gasteiger partial charge in [0.2, 0.25) is 0 Å². The predicted octanol–water partition coefficient (Wildman–Crippen LogP) is 1.73. The van der Waals surface area contributed by atoms with E-state index < -0.39 is 0 Å². The summed E-state index contributed by atoms with van der Waals surface area (Å²) in [7, 11) is 2.35. The molecule has 2 aromatic carbocycles. The molecule has 130 valence electrons. The van der Waals surface area contributed by atoms with E-state index in [0.29, 0.717) is 6.04 Å². The second-order valence-electron chi connectivity index (χ2n) is 8.12. The van der Waals surface area contributed by atoms with Gasteiger partial charge in [-0.25, -0.2) is 0 Å². The molecular weight excluding hydrogens is 324 g/mol. The molecule has 2 N–H and O–H groups in total. The van der Waals surface area contributed by atoms with Gasteiger partial charge in [0, 0.05) is 21.8 Å². The van der Waals surface area contributed by atoms with E-state index in [1.54, 1.807) is 21.6 Å². The first kappa shape index (κ1) is 15.9. The fourth-order valence-corrected chi connectivity index (χ4v) is 5.86. The van der Waals surface area contributed by atoms with Crippen molar-refractivity contribution in [3.8, 4) is 0 Å². The first-order chi connectivity index (χ1) is 12.3. The molecule has 0 bridgehead atoms. The molecule has 0 amide bonds. The van der Waals surface area contributed by atoms with Crippen LogP contribution in [0.3, 0.4) is 0 Å². The van der Waals surface area contributed by atoms with Gasteiger partial charge in [0.15, 0.2) is 0 Å². The van der Waals surface area contributed by atoms with Gasteiger partial charge in [-0.15, -0.1) is 0 Å². The Bertz CT molecular complexity index is 775. The maximum atomic E-state index is 2.43. The molecule has 0 aromatic heterocycles. The average molecular weight is 353 g/mol. The summed E-state index contributed by atoms with van der Waals surface area (Å²) < 4.78 is 0. The molecule has 1 atom stereocenters. The van der Waals surface area contributed by atoms with Gasteiger partial charge in [-0.05, 0) is 42.0 Å². The molecular formula is C22H28N2S+2. The van der Waals surface area contributed by atoms with E-state index in [-0.39, 0.29) is 0 Å². The SMILES string of the molecule is C[NH+]1CC[NH+]([C@@H]2Cc3ccccc3Sc3cccc(C4CC4)c32)CC1. The largest absolute Gasteiger partial charge is 0.328 e. The minimum absolute atomic E-state index is 0.635. The van der Waals surface area contributed by atoms with E-state index in [9.17, 15) is 0 Å². The number of benzene rings is 2. The molecule has 2 nitrogen and oxygen atoms in total. The molecule has 3 heteroatoms. The quantitative estimate of drug-likeness (QED) is 0.837. The highest BCUT2D eigenvalue weighted by Crippen LogP contribution is 2.48. The molecule has 1 aliphatic carbocycles. The fraction of sp³-hybridized carbons (Fsp3) is 0.455. The minimum atomic E-state index is 0.635. The summed E-state index contributed by atoms with van der Waals surface area (Å²) in [5, 5.41) is 0. The van der Waals surface area contributed by atoms with E-state index in [1.165, 1.54) is 55.2 Å². The summed E-state index contributed by atoms with van der Waals surface area (Å²) in [6, 6.07) is 16.8. The van der Waals surface area contributed by atoms with Gasteiger partial charge in [-0.2, -0.15) is 0 Å². The van der Waals surface area contributed by atoms with Crippen LogP contribution in [0.4, 0.5) is 0 Å². The summed E-state index contributed by atoms with van der Waals surface area (Å²) >= 11 is 2.01. The second kappa shape index (κ2) is 6.46. The molecule has 25 heavy (non-hydrogen) atoms. The third-order valence-corrected chi connectivity index (χ3v) is 7.51. The van der Waals surface area contributed by atoms with Crippen LogP contribution in [-0.2, 0) is 6.42 Å². The first-order valence-corrected chi connectivity index (χ1v) is 10.7. The summed E-state index contributed by atoms with van der Waals surface area (Å²) in [6.45, 7) is 5.23. The third kappa shape index (κ3) is 3.03. The number of fused-ring (bicyclic) bond motifs is 2. The lowest BCUT2D eigenvalue weighted by atomic mass is 9.91. The monoisotopic (exact) mass is 352 g/mol. The number of piperazine rings is 1. The van der Waals surface area contributed by atoms with Crippen LogP contribution in [0.15, 0.2) is 52.3 Å². The Morgan fingerprint density at radius 3 is 2.44 bits per heavy atom. The Morgan fingerprint density at radius 2 is 1.64 bits per heavy atom. The van der Waals surface area contributed by atoms with Gasteiger partial charge in [0.05, 0.1) is 7.05 Å². The van der Waals surface area contributed by atoms with Crippen molar-refractivity contribution in [1.29, 1.82) is 0 Å². The smallest absolute Gasteiger partial charge is 0.127 e. The van der Waals surface area contributed by atoms with E-state index >= 15 is 0 Å². The lowest BCUT2D eigenvalue weighted by Crippen LogP contribution is -3.27.